The van der Waals surface area contributed by atoms with Crippen LogP contribution in [-0.2, 0) is 25.5 Å². The normalized spacial score (nSPS) is 25.5. The van der Waals surface area contributed by atoms with Gasteiger partial charge in [0.25, 0.3) is 0 Å². The summed E-state index contributed by atoms with van der Waals surface area (Å²) in [6.45, 7) is 5.09. The second kappa shape index (κ2) is 8.79. The van der Waals surface area contributed by atoms with Crippen LogP contribution in [0.5, 0.6) is 5.75 Å². The Balaban J connectivity index is 1.75. The van der Waals surface area contributed by atoms with E-state index in [4.69, 9.17) is 9.47 Å². The van der Waals surface area contributed by atoms with Crippen LogP contribution in [0.1, 0.15) is 19.4 Å². The van der Waals surface area contributed by atoms with Gasteiger partial charge in [0.2, 0.25) is 5.91 Å². The number of phenols is 1. The molecular weight excluding hydrogens is 378 g/mol. The second-order valence-corrected chi connectivity index (χ2v) is 7.54. The number of rotatable bonds is 5. The first kappa shape index (κ1) is 21.1. The van der Waals surface area contributed by atoms with Crippen LogP contribution < -0.4 is 10.6 Å². The molecule has 9 nitrogen and oxygen atoms in total. The lowest BCUT2D eigenvalue weighted by molar-refractivity contribution is -0.130. The van der Waals surface area contributed by atoms with E-state index in [0.717, 1.165) is 5.56 Å². The van der Waals surface area contributed by atoms with Gasteiger partial charge in [-0.25, -0.2) is 4.79 Å². The summed E-state index contributed by atoms with van der Waals surface area (Å²) in [7, 11) is 0. The van der Waals surface area contributed by atoms with Crippen LogP contribution in [0.4, 0.5) is 4.79 Å². The van der Waals surface area contributed by atoms with Gasteiger partial charge < -0.3 is 30.1 Å². The molecule has 9 heteroatoms. The number of carbonyl (C=O) groups excluding carboxylic acids is 3. The molecule has 3 unspecified atom stereocenters. The van der Waals surface area contributed by atoms with Crippen molar-refractivity contribution in [3.63, 3.8) is 0 Å². The highest BCUT2D eigenvalue weighted by atomic mass is 16.5. The maximum atomic E-state index is 13.1. The monoisotopic (exact) mass is 405 g/mol. The Labute approximate surface area is 169 Å². The van der Waals surface area contributed by atoms with Gasteiger partial charge in [0, 0.05) is 19.5 Å². The van der Waals surface area contributed by atoms with Crippen LogP contribution in [-0.4, -0.2) is 78.3 Å². The van der Waals surface area contributed by atoms with Crippen molar-refractivity contribution in [1.29, 1.82) is 0 Å². The Morgan fingerprint density at radius 2 is 1.93 bits per heavy atom. The highest BCUT2D eigenvalue weighted by Crippen LogP contribution is 2.22. The minimum atomic E-state index is -1.14. The SMILES string of the molecule is CC1OCC(=O)C1(C)NC(=O)C(Cc1ccc(O)cc1)NC(=O)N1CCOCC1. The predicted octanol–water partition coefficient (Wildman–Crippen LogP) is 0.208. The van der Waals surface area contributed by atoms with E-state index in [1.54, 1.807) is 30.9 Å². The van der Waals surface area contributed by atoms with Gasteiger partial charge in [0.05, 0.1) is 19.3 Å². The van der Waals surface area contributed by atoms with Crippen molar-refractivity contribution in [3.05, 3.63) is 29.8 Å². The van der Waals surface area contributed by atoms with Crippen LogP contribution in [0.2, 0.25) is 0 Å². The van der Waals surface area contributed by atoms with Crippen molar-refractivity contribution in [2.24, 2.45) is 0 Å². The van der Waals surface area contributed by atoms with Crippen molar-refractivity contribution < 1.29 is 29.0 Å². The maximum absolute atomic E-state index is 13.1. The third kappa shape index (κ3) is 4.86. The molecule has 2 aliphatic rings. The minimum absolute atomic E-state index is 0.0548. The number of benzene rings is 1. The van der Waals surface area contributed by atoms with E-state index in [-0.39, 0.29) is 30.6 Å². The van der Waals surface area contributed by atoms with E-state index in [1.807, 2.05) is 0 Å². The van der Waals surface area contributed by atoms with Crippen LogP contribution >= 0.6 is 0 Å². The summed E-state index contributed by atoms with van der Waals surface area (Å²) in [4.78, 5) is 39.6. The Morgan fingerprint density at radius 1 is 1.28 bits per heavy atom. The fraction of sp³-hybridized carbons (Fsp3) is 0.550. The van der Waals surface area contributed by atoms with E-state index >= 15 is 0 Å². The number of ether oxygens (including phenoxy) is 2. The summed E-state index contributed by atoms with van der Waals surface area (Å²) in [6.07, 6.45) is -0.259. The van der Waals surface area contributed by atoms with E-state index < -0.39 is 23.6 Å². The van der Waals surface area contributed by atoms with E-state index in [9.17, 15) is 19.5 Å². The topological polar surface area (TPSA) is 117 Å². The molecule has 2 fully saturated rings. The Morgan fingerprint density at radius 3 is 2.52 bits per heavy atom. The van der Waals surface area contributed by atoms with Crippen LogP contribution in [0, 0.1) is 0 Å². The van der Waals surface area contributed by atoms with Gasteiger partial charge in [-0.1, -0.05) is 12.1 Å². The molecule has 0 spiro atoms. The number of morpholine rings is 1. The van der Waals surface area contributed by atoms with Gasteiger partial charge in [-0.3, -0.25) is 9.59 Å². The first-order valence-electron chi connectivity index (χ1n) is 9.67. The third-order valence-electron chi connectivity index (χ3n) is 5.53. The van der Waals surface area contributed by atoms with Gasteiger partial charge in [-0.2, -0.15) is 0 Å². The third-order valence-corrected chi connectivity index (χ3v) is 5.53. The summed E-state index contributed by atoms with van der Waals surface area (Å²) in [5.41, 5.74) is -0.383. The fourth-order valence-corrected chi connectivity index (χ4v) is 3.34. The molecule has 158 valence electrons. The van der Waals surface area contributed by atoms with Crippen molar-refractivity contribution in [2.75, 3.05) is 32.9 Å². The van der Waals surface area contributed by atoms with E-state index in [2.05, 4.69) is 10.6 Å². The van der Waals surface area contributed by atoms with Crippen LogP contribution in [0.3, 0.4) is 0 Å². The zero-order chi connectivity index (χ0) is 21.0. The number of Topliss-reactive ketones (excluding diaryl/α,β-unsaturated/α-hetero) is 1. The summed E-state index contributed by atoms with van der Waals surface area (Å²) >= 11 is 0. The van der Waals surface area contributed by atoms with Gasteiger partial charge >= 0.3 is 6.03 Å². The smallest absolute Gasteiger partial charge is 0.318 e. The number of ketones is 1. The standard InChI is InChI=1S/C20H27N3O6/c1-13-20(2,17(25)12-29-13)22-18(26)16(11-14-3-5-15(24)6-4-14)21-19(27)23-7-9-28-10-8-23/h3-6,13,16,24H,7-12H2,1-2H3,(H,21,27)(H,22,26). The number of urea groups is 1. The average molecular weight is 405 g/mol. The lowest BCUT2D eigenvalue weighted by Gasteiger charge is -2.32. The van der Waals surface area contributed by atoms with Gasteiger partial charge in [0.15, 0.2) is 5.78 Å². The molecule has 1 aromatic carbocycles. The average Bonchev–Trinajstić information content (AvgIpc) is 2.96. The Hall–Kier alpha value is -2.65. The fourth-order valence-electron chi connectivity index (χ4n) is 3.34. The quantitative estimate of drug-likeness (QED) is 0.645. The molecule has 3 N–H and O–H groups in total. The van der Waals surface area contributed by atoms with Crippen molar-refractivity contribution in [2.45, 2.75) is 38.0 Å². The summed E-state index contributed by atoms with van der Waals surface area (Å²) in [5.74, 6) is -0.559. The molecule has 3 amide bonds. The van der Waals surface area contributed by atoms with E-state index in [0.29, 0.717) is 26.3 Å². The molecule has 3 atom stereocenters. The molecule has 3 rings (SSSR count). The van der Waals surface area contributed by atoms with Gasteiger partial charge in [-0.05, 0) is 31.5 Å². The van der Waals surface area contributed by atoms with Crippen molar-refractivity contribution in [1.82, 2.24) is 15.5 Å². The molecule has 0 aromatic heterocycles. The molecule has 0 radical (unpaired) electrons. The highest BCUT2D eigenvalue weighted by molar-refractivity contribution is 5.97. The summed E-state index contributed by atoms with van der Waals surface area (Å²) in [6, 6.07) is 5.15. The number of amides is 3. The summed E-state index contributed by atoms with van der Waals surface area (Å²) < 4.78 is 10.6. The molecule has 2 saturated heterocycles. The first-order valence-corrected chi connectivity index (χ1v) is 9.67. The molecule has 2 aliphatic heterocycles. The predicted molar refractivity (Wildman–Crippen MR) is 103 cm³/mol. The molecule has 1 aromatic rings. The van der Waals surface area contributed by atoms with Crippen molar-refractivity contribution >= 4 is 17.7 Å². The van der Waals surface area contributed by atoms with Crippen molar-refractivity contribution in [3.8, 4) is 5.75 Å². The number of hydrogen-bond donors (Lipinski definition) is 3. The molecule has 0 saturated carbocycles. The lowest BCUT2D eigenvalue weighted by Crippen LogP contribution is -2.61. The second-order valence-electron chi connectivity index (χ2n) is 7.54. The first-order chi connectivity index (χ1) is 13.8. The number of nitrogens with zero attached hydrogens (tertiary/aromatic N) is 1. The van der Waals surface area contributed by atoms with Gasteiger partial charge in [0.1, 0.15) is 23.9 Å². The molecule has 2 heterocycles. The molecule has 0 aliphatic carbocycles. The number of hydrogen-bond acceptors (Lipinski definition) is 6. The Bertz CT molecular complexity index is 762. The molecular formula is C20H27N3O6. The van der Waals surface area contributed by atoms with Crippen LogP contribution in [0.25, 0.3) is 0 Å². The zero-order valence-corrected chi connectivity index (χ0v) is 16.6. The van der Waals surface area contributed by atoms with Crippen LogP contribution in [0.15, 0.2) is 24.3 Å². The highest BCUT2D eigenvalue weighted by Gasteiger charge is 2.47. The zero-order valence-electron chi connectivity index (χ0n) is 16.6. The van der Waals surface area contributed by atoms with Gasteiger partial charge in [-0.15, -0.1) is 0 Å². The molecule has 0 bridgehead atoms. The largest absolute Gasteiger partial charge is 0.508 e. The number of carbonyl (C=O) groups is 3. The number of phenolic OH excluding ortho intramolecular Hbond substituents is 1. The Kier molecular flexibility index (Phi) is 6.39. The maximum Gasteiger partial charge on any atom is 0.318 e. The number of nitrogens with one attached hydrogen (secondary N) is 2. The summed E-state index contributed by atoms with van der Waals surface area (Å²) in [5, 5.41) is 15.0. The van der Waals surface area contributed by atoms with E-state index in [1.165, 1.54) is 12.1 Å². The number of aromatic hydroxyl groups is 1. The minimum Gasteiger partial charge on any atom is -0.508 e. The lowest BCUT2D eigenvalue weighted by atomic mass is 9.92. The molecule has 29 heavy (non-hydrogen) atoms.